The zero-order valence-electron chi connectivity index (χ0n) is 27.1. The van der Waals surface area contributed by atoms with Gasteiger partial charge in [-0.1, -0.05) is 48.5 Å². The second kappa shape index (κ2) is 10.9. The van der Waals surface area contributed by atoms with E-state index < -0.39 is 0 Å². The second-order valence-electron chi connectivity index (χ2n) is 12.7. The number of thiophene rings is 1. The van der Waals surface area contributed by atoms with E-state index >= 15 is 0 Å². The Morgan fingerprint density at radius 3 is 1.33 bits per heavy atom. The molecule has 0 spiro atoms. The first-order valence-corrected chi connectivity index (χ1v) is 17.7. The van der Waals surface area contributed by atoms with Gasteiger partial charge in [0.1, 0.15) is 11.0 Å². The number of fused-ring (bicyclic) bond motifs is 9. The molecular formula is C44H26N6S. The fourth-order valence-electron chi connectivity index (χ4n) is 7.53. The lowest BCUT2D eigenvalue weighted by Crippen LogP contribution is -1.94. The Balaban J connectivity index is 1.07. The van der Waals surface area contributed by atoms with E-state index in [2.05, 4.69) is 130 Å². The zero-order valence-corrected chi connectivity index (χ0v) is 27.9. The van der Waals surface area contributed by atoms with Crippen LogP contribution in [0.3, 0.4) is 0 Å². The number of hydrogen-bond donors (Lipinski definition) is 0. The van der Waals surface area contributed by atoms with Crippen LogP contribution in [-0.4, -0.2) is 29.1 Å². The Labute approximate surface area is 295 Å². The van der Waals surface area contributed by atoms with Crippen LogP contribution in [0, 0.1) is 0 Å². The highest BCUT2D eigenvalue weighted by atomic mass is 32.1. The minimum absolute atomic E-state index is 0.912. The highest BCUT2D eigenvalue weighted by Gasteiger charge is 2.18. The largest absolute Gasteiger partial charge is 0.308 e. The maximum atomic E-state index is 5.27. The van der Waals surface area contributed by atoms with E-state index in [9.17, 15) is 0 Å². The van der Waals surface area contributed by atoms with E-state index in [4.69, 9.17) is 19.9 Å². The van der Waals surface area contributed by atoms with Gasteiger partial charge in [0.15, 0.2) is 0 Å². The van der Waals surface area contributed by atoms with Gasteiger partial charge in [-0.25, -0.2) is 9.97 Å². The van der Waals surface area contributed by atoms with Crippen molar-refractivity contribution in [3.05, 3.63) is 158 Å². The topological polar surface area (TPSA) is 61.4 Å². The average Bonchev–Trinajstić information content (AvgIpc) is 3.85. The Morgan fingerprint density at radius 1 is 0.392 bits per heavy atom. The molecule has 0 radical (unpaired) electrons. The Bertz CT molecular complexity index is 2930. The van der Waals surface area contributed by atoms with Crippen molar-refractivity contribution in [3.8, 4) is 33.9 Å². The van der Waals surface area contributed by atoms with E-state index in [1.54, 1.807) is 11.3 Å². The van der Waals surface area contributed by atoms with Crippen LogP contribution in [0.1, 0.15) is 0 Å². The Hall–Kier alpha value is -6.70. The van der Waals surface area contributed by atoms with Crippen molar-refractivity contribution in [2.45, 2.75) is 0 Å². The molecule has 11 rings (SSSR count). The van der Waals surface area contributed by atoms with Gasteiger partial charge in [-0.3, -0.25) is 9.97 Å². The molecule has 0 fully saturated rings. The lowest BCUT2D eigenvalue weighted by molar-refractivity contribution is 1.17. The lowest BCUT2D eigenvalue weighted by atomic mass is 10.1. The van der Waals surface area contributed by atoms with Gasteiger partial charge in [-0.2, -0.15) is 0 Å². The molecule has 0 amide bonds. The van der Waals surface area contributed by atoms with Crippen molar-refractivity contribution in [1.29, 1.82) is 0 Å². The SMILES string of the molecule is c1ccc(-n2c3cc(-c4ccc5sc6ccc(-c7ccc8c9ncccc9n(-c9ccccc9)c8c7)nc6c5n4)ccc3c3ncccc32)cc1. The third kappa shape index (κ3) is 4.28. The number of nitrogens with zero attached hydrogens (tertiary/aromatic N) is 6. The molecule has 238 valence electrons. The lowest BCUT2D eigenvalue weighted by Gasteiger charge is -2.09. The number of para-hydroxylation sites is 2. The van der Waals surface area contributed by atoms with E-state index in [0.717, 1.165) is 98.2 Å². The molecule has 51 heavy (non-hydrogen) atoms. The molecule has 0 atom stereocenters. The maximum absolute atomic E-state index is 5.27. The summed E-state index contributed by atoms with van der Waals surface area (Å²) in [6.07, 6.45) is 3.73. The monoisotopic (exact) mass is 670 g/mol. The van der Waals surface area contributed by atoms with Crippen molar-refractivity contribution < 1.29 is 0 Å². The van der Waals surface area contributed by atoms with Gasteiger partial charge in [-0.05, 0) is 97.1 Å². The van der Waals surface area contributed by atoms with Crippen molar-refractivity contribution in [3.63, 3.8) is 0 Å². The normalized spacial score (nSPS) is 11.9. The van der Waals surface area contributed by atoms with Crippen LogP contribution >= 0.6 is 11.3 Å². The van der Waals surface area contributed by atoms with Gasteiger partial charge in [0.25, 0.3) is 0 Å². The molecule has 7 aromatic heterocycles. The molecule has 6 nitrogen and oxygen atoms in total. The summed E-state index contributed by atoms with van der Waals surface area (Å²) in [5.74, 6) is 0. The first-order chi connectivity index (χ1) is 25.3. The molecule has 0 aliphatic carbocycles. The Morgan fingerprint density at radius 2 is 0.863 bits per heavy atom. The second-order valence-corrected chi connectivity index (χ2v) is 13.8. The standard InChI is InChI=1S/C44H26N6S/c1-3-9-29(10-4-1)49-35-13-7-23-45-41(35)31-17-15-27(25-37(31)49)33-19-21-39-43(47-33)44-40(51-39)22-20-34(48-44)28-16-18-32-38(26-28)50(30-11-5-2-6-12-30)36-14-8-24-46-42(32)36/h1-26H. The van der Waals surface area contributed by atoms with E-state index in [1.807, 2.05) is 36.7 Å². The molecule has 0 bridgehead atoms. The van der Waals surface area contributed by atoms with Crippen LogP contribution in [0.15, 0.2) is 158 Å². The third-order valence-electron chi connectivity index (χ3n) is 9.82. The molecule has 0 N–H and O–H groups in total. The molecule has 4 aromatic carbocycles. The average molecular weight is 671 g/mol. The number of aromatic nitrogens is 6. The predicted molar refractivity (Wildman–Crippen MR) is 210 cm³/mol. The molecule has 7 heterocycles. The zero-order chi connectivity index (χ0) is 33.5. The van der Waals surface area contributed by atoms with Crippen LogP contribution in [-0.2, 0) is 0 Å². The van der Waals surface area contributed by atoms with Crippen molar-refractivity contribution in [2.24, 2.45) is 0 Å². The summed E-state index contributed by atoms with van der Waals surface area (Å²) >= 11 is 1.73. The number of rotatable bonds is 4. The molecule has 0 saturated heterocycles. The van der Waals surface area contributed by atoms with Gasteiger partial charge >= 0.3 is 0 Å². The van der Waals surface area contributed by atoms with E-state index in [0.29, 0.717) is 0 Å². The van der Waals surface area contributed by atoms with Gasteiger partial charge in [-0.15, -0.1) is 11.3 Å². The minimum Gasteiger partial charge on any atom is -0.308 e. The molecule has 7 heteroatoms. The quantitative estimate of drug-likeness (QED) is 0.187. The van der Waals surface area contributed by atoms with Crippen molar-refractivity contribution >= 4 is 75.6 Å². The number of hydrogen-bond acceptors (Lipinski definition) is 5. The predicted octanol–water partition coefficient (Wildman–Crippen LogP) is 11.2. The summed E-state index contributed by atoms with van der Waals surface area (Å²) in [7, 11) is 0. The fraction of sp³-hybridized carbons (Fsp3) is 0. The summed E-state index contributed by atoms with van der Waals surface area (Å²) in [4.78, 5) is 20.1. The summed E-state index contributed by atoms with van der Waals surface area (Å²) < 4.78 is 6.82. The molecule has 0 unspecified atom stereocenters. The number of pyridine rings is 4. The first-order valence-electron chi connectivity index (χ1n) is 16.9. The molecule has 0 saturated carbocycles. The summed E-state index contributed by atoms with van der Waals surface area (Å²) in [6.45, 7) is 0. The molecule has 0 aliphatic rings. The van der Waals surface area contributed by atoms with Crippen LogP contribution in [0.25, 0.3) is 98.2 Å². The summed E-state index contributed by atoms with van der Waals surface area (Å²) in [5, 5.41) is 2.23. The number of benzene rings is 4. The fourth-order valence-corrected chi connectivity index (χ4v) is 8.52. The highest BCUT2D eigenvalue weighted by molar-refractivity contribution is 7.25. The van der Waals surface area contributed by atoms with E-state index in [1.165, 1.54) is 0 Å². The van der Waals surface area contributed by atoms with Gasteiger partial charge in [0, 0.05) is 45.7 Å². The van der Waals surface area contributed by atoms with E-state index in [-0.39, 0.29) is 0 Å². The van der Waals surface area contributed by atoms with Crippen LogP contribution < -0.4 is 0 Å². The van der Waals surface area contributed by atoms with Gasteiger partial charge in [0.05, 0.1) is 53.9 Å². The van der Waals surface area contributed by atoms with Crippen molar-refractivity contribution in [2.75, 3.05) is 0 Å². The van der Waals surface area contributed by atoms with Crippen LogP contribution in [0.5, 0.6) is 0 Å². The Kier molecular flexibility index (Phi) is 6.02. The highest BCUT2D eigenvalue weighted by Crippen LogP contribution is 2.38. The minimum atomic E-state index is 0.912. The van der Waals surface area contributed by atoms with Crippen LogP contribution in [0.2, 0.25) is 0 Å². The smallest absolute Gasteiger partial charge is 0.108 e. The first kappa shape index (κ1) is 28.2. The molecule has 11 aromatic rings. The molecule has 0 aliphatic heterocycles. The third-order valence-corrected chi connectivity index (χ3v) is 10.9. The van der Waals surface area contributed by atoms with Crippen LogP contribution in [0.4, 0.5) is 0 Å². The van der Waals surface area contributed by atoms with Gasteiger partial charge in [0.2, 0.25) is 0 Å². The maximum Gasteiger partial charge on any atom is 0.108 e. The summed E-state index contributed by atoms with van der Waals surface area (Å²) in [6, 6.07) is 50.9. The van der Waals surface area contributed by atoms with Crippen molar-refractivity contribution in [1.82, 2.24) is 29.1 Å². The summed E-state index contributed by atoms with van der Waals surface area (Å²) in [5.41, 5.74) is 14.3. The van der Waals surface area contributed by atoms with Gasteiger partial charge < -0.3 is 9.13 Å². The molecular weight excluding hydrogens is 645 g/mol.